The number of nitrogens with zero attached hydrogens (tertiary/aromatic N) is 2. The van der Waals surface area contributed by atoms with Crippen molar-refractivity contribution in [1.82, 2.24) is 14.8 Å². The summed E-state index contributed by atoms with van der Waals surface area (Å²) in [6.45, 7) is 0.409. The van der Waals surface area contributed by atoms with Crippen molar-refractivity contribution in [3.05, 3.63) is 29.0 Å². The fraction of sp³-hybridized carbons (Fsp3) is 0.250. The molecular weight excluding hydrogens is 264 g/mol. The van der Waals surface area contributed by atoms with Crippen LogP contribution in [0.5, 0.6) is 5.75 Å². The van der Waals surface area contributed by atoms with E-state index in [1.54, 1.807) is 11.7 Å². The summed E-state index contributed by atoms with van der Waals surface area (Å²) in [5.41, 5.74) is 6.04. The lowest BCUT2D eigenvalue weighted by Crippen LogP contribution is -2.14. The number of nitrogens with one attached hydrogen (secondary N) is 1. The monoisotopic (exact) mass is 278 g/mol. The van der Waals surface area contributed by atoms with Crippen molar-refractivity contribution in [3.63, 3.8) is 0 Å². The maximum Gasteiger partial charge on any atom is 0.219 e. The average Bonchev–Trinajstić information content (AvgIpc) is 2.78. The highest BCUT2D eigenvalue weighted by molar-refractivity contribution is 7.71. The lowest BCUT2D eigenvalue weighted by atomic mass is 10.2. The number of H-pyrrole nitrogens is 1. The summed E-state index contributed by atoms with van der Waals surface area (Å²) in [6, 6.07) is 7.44. The number of methoxy groups -OCH3 is 1. The zero-order valence-electron chi connectivity index (χ0n) is 10.4. The lowest BCUT2D eigenvalue weighted by Gasteiger charge is -2.06. The Hall–Kier alpha value is -2.15. The second-order valence-electron chi connectivity index (χ2n) is 3.95. The van der Waals surface area contributed by atoms with Crippen LogP contribution in [-0.4, -0.2) is 27.8 Å². The summed E-state index contributed by atoms with van der Waals surface area (Å²) >= 11 is 5.14. The molecule has 0 aliphatic heterocycles. The summed E-state index contributed by atoms with van der Waals surface area (Å²) in [4.78, 5) is 10.9. The molecule has 1 heterocycles. The molecule has 3 N–H and O–H groups in total. The van der Waals surface area contributed by atoms with Crippen LogP contribution >= 0.6 is 12.2 Å². The van der Waals surface area contributed by atoms with Crippen LogP contribution in [0.25, 0.3) is 11.4 Å². The minimum absolute atomic E-state index is 0.219. The molecular formula is C12H14N4O2S. The minimum atomic E-state index is -0.371. The van der Waals surface area contributed by atoms with Gasteiger partial charge in [0.2, 0.25) is 5.91 Å². The van der Waals surface area contributed by atoms with Crippen molar-refractivity contribution in [2.24, 2.45) is 5.73 Å². The fourth-order valence-corrected chi connectivity index (χ4v) is 1.93. The molecule has 0 saturated carbocycles. The highest BCUT2D eigenvalue weighted by Gasteiger charge is 2.09. The van der Waals surface area contributed by atoms with Gasteiger partial charge in [-0.05, 0) is 36.5 Å². The van der Waals surface area contributed by atoms with Gasteiger partial charge in [-0.25, -0.2) is 0 Å². The molecule has 2 aromatic rings. The Kier molecular flexibility index (Phi) is 3.96. The number of carbonyl (C=O) groups is 1. The van der Waals surface area contributed by atoms with E-state index in [1.807, 2.05) is 24.3 Å². The Bertz CT molecular complexity index is 630. The molecule has 0 unspecified atom stereocenters. The van der Waals surface area contributed by atoms with Gasteiger partial charge in [0.15, 0.2) is 10.6 Å². The maximum absolute atomic E-state index is 10.9. The minimum Gasteiger partial charge on any atom is -0.497 e. The number of benzene rings is 1. The van der Waals surface area contributed by atoms with Crippen LogP contribution in [0.3, 0.4) is 0 Å². The summed E-state index contributed by atoms with van der Waals surface area (Å²) in [5.74, 6) is 1.07. The number of carbonyl (C=O) groups excluding carboxylic acids is 1. The molecule has 1 amide bonds. The molecule has 0 fully saturated rings. The molecule has 1 aromatic carbocycles. The number of rotatable bonds is 5. The van der Waals surface area contributed by atoms with Crippen molar-refractivity contribution in [2.45, 2.75) is 13.0 Å². The summed E-state index contributed by atoms with van der Waals surface area (Å²) in [5, 5.41) is 6.89. The highest BCUT2D eigenvalue weighted by Crippen LogP contribution is 2.21. The molecule has 6 nitrogen and oxygen atoms in total. The Morgan fingerprint density at radius 2 is 2.16 bits per heavy atom. The van der Waals surface area contributed by atoms with Gasteiger partial charge >= 0.3 is 0 Å². The van der Waals surface area contributed by atoms with Gasteiger partial charge in [-0.2, -0.15) is 5.10 Å². The zero-order valence-corrected chi connectivity index (χ0v) is 11.2. The fourth-order valence-electron chi connectivity index (χ4n) is 1.71. The third-order valence-electron chi connectivity index (χ3n) is 2.69. The van der Waals surface area contributed by atoms with Crippen molar-refractivity contribution in [1.29, 1.82) is 0 Å². The van der Waals surface area contributed by atoms with Crippen molar-refractivity contribution in [2.75, 3.05) is 7.11 Å². The molecule has 2 rings (SSSR count). The molecule has 0 spiro atoms. The smallest absolute Gasteiger partial charge is 0.219 e. The van der Waals surface area contributed by atoms with E-state index in [0.717, 1.165) is 11.3 Å². The molecule has 0 atom stereocenters. The van der Waals surface area contributed by atoms with Crippen LogP contribution in [0.2, 0.25) is 0 Å². The Balaban J connectivity index is 2.33. The Morgan fingerprint density at radius 1 is 1.47 bits per heavy atom. The van der Waals surface area contributed by atoms with Gasteiger partial charge < -0.3 is 10.5 Å². The number of aromatic amines is 1. The summed E-state index contributed by atoms with van der Waals surface area (Å²) < 4.78 is 7.32. The predicted molar refractivity (Wildman–Crippen MR) is 73.2 cm³/mol. The van der Waals surface area contributed by atoms with Gasteiger partial charge in [-0.15, -0.1) is 0 Å². The van der Waals surface area contributed by atoms with Crippen molar-refractivity contribution >= 4 is 18.1 Å². The van der Waals surface area contributed by atoms with E-state index >= 15 is 0 Å². The molecule has 19 heavy (non-hydrogen) atoms. The number of amides is 1. The lowest BCUT2D eigenvalue weighted by molar-refractivity contribution is -0.118. The highest BCUT2D eigenvalue weighted by atomic mass is 32.1. The Morgan fingerprint density at radius 3 is 2.74 bits per heavy atom. The Labute approximate surface area is 115 Å². The molecule has 0 aliphatic carbocycles. The molecule has 1 aromatic heterocycles. The molecule has 7 heteroatoms. The van der Waals surface area contributed by atoms with Crippen molar-refractivity contribution in [3.8, 4) is 17.1 Å². The average molecular weight is 278 g/mol. The molecule has 100 valence electrons. The summed E-state index contributed by atoms with van der Waals surface area (Å²) in [7, 11) is 1.61. The predicted octanol–water partition coefficient (Wildman–Crippen LogP) is 1.49. The third-order valence-corrected chi connectivity index (χ3v) is 3.00. The first-order valence-corrected chi connectivity index (χ1v) is 6.10. The summed E-state index contributed by atoms with van der Waals surface area (Å²) in [6.07, 6.45) is 0.219. The number of nitrogens with two attached hydrogens (primary N) is 1. The second-order valence-corrected chi connectivity index (χ2v) is 4.34. The van der Waals surface area contributed by atoms with Crippen LogP contribution in [0, 0.1) is 4.77 Å². The van der Waals surface area contributed by atoms with Gasteiger partial charge in [0, 0.05) is 18.5 Å². The van der Waals surface area contributed by atoms with E-state index in [4.69, 9.17) is 22.7 Å². The first kappa shape index (κ1) is 13.3. The number of aromatic nitrogens is 3. The van der Waals surface area contributed by atoms with Crippen LogP contribution < -0.4 is 10.5 Å². The zero-order chi connectivity index (χ0) is 13.8. The van der Waals surface area contributed by atoms with Crippen LogP contribution in [-0.2, 0) is 11.3 Å². The first-order valence-electron chi connectivity index (χ1n) is 5.69. The number of hydrogen-bond donors (Lipinski definition) is 2. The van der Waals surface area contributed by atoms with Crippen molar-refractivity contribution < 1.29 is 9.53 Å². The van der Waals surface area contributed by atoms with E-state index < -0.39 is 0 Å². The quantitative estimate of drug-likeness (QED) is 0.811. The van der Waals surface area contributed by atoms with E-state index in [2.05, 4.69) is 10.2 Å². The van der Waals surface area contributed by atoms with E-state index in [0.29, 0.717) is 17.1 Å². The maximum atomic E-state index is 10.9. The van der Waals surface area contributed by atoms with Gasteiger partial charge in [0.05, 0.1) is 7.11 Å². The third kappa shape index (κ3) is 3.00. The van der Waals surface area contributed by atoms with E-state index in [1.165, 1.54) is 0 Å². The largest absolute Gasteiger partial charge is 0.497 e. The second kappa shape index (κ2) is 5.66. The topological polar surface area (TPSA) is 85.9 Å². The van der Waals surface area contributed by atoms with Crippen LogP contribution in [0.1, 0.15) is 6.42 Å². The molecule has 0 aliphatic rings. The van der Waals surface area contributed by atoms with Crippen LogP contribution in [0.15, 0.2) is 24.3 Å². The standard InChI is InChI=1S/C12H14N4O2S/c1-18-9-4-2-8(3-5-9)11-14-15-12(19)16(11)7-6-10(13)17/h2-5H,6-7H2,1H3,(H2,13,17)(H,15,19). The number of ether oxygens (including phenoxy) is 1. The molecule has 0 radical (unpaired) electrons. The van der Waals surface area contributed by atoms with E-state index in [-0.39, 0.29) is 12.3 Å². The van der Waals surface area contributed by atoms with Gasteiger partial charge in [-0.3, -0.25) is 14.5 Å². The number of hydrogen-bond acceptors (Lipinski definition) is 4. The number of primary amides is 1. The van der Waals surface area contributed by atoms with E-state index in [9.17, 15) is 4.79 Å². The molecule has 0 saturated heterocycles. The molecule has 0 bridgehead atoms. The SMILES string of the molecule is COc1ccc(-c2n[nH]c(=S)n2CCC(N)=O)cc1. The van der Waals surface area contributed by atoms with Crippen LogP contribution in [0.4, 0.5) is 0 Å². The van der Waals surface area contributed by atoms with Gasteiger partial charge in [0.25, 0.3) is 0 Å². The normalized spacial score (nSPS) is 10.4. The van der Waals surface area contributed by atoms with Gasteiger partial charge in [0.1, 0.15) is 5.75 Å². The van der Waals surface area contributed by atoms with Gasteiger partial charge in [-0.1, -0.05) is 0 Å². The first-order chi connectivity index (χ1) is 9.11.